The molecule has 0 unspecified atom stereocenters. The topological polar surface area (TPSA) is 0 Å². The second-order valence-electron chi connectivity index (χ2n) is 4.39. The van der Waals surface area contributed by atoms with Crippen molar-refractivity contribution in [2.45, 2.75) is 77.8 Å². The highest BCUT2D eigenvalue weighted by Crippen LogP contribution is 2.25. The van der Waals surface area contributed by atoms with Gasteiger partial charge in [0, 0.05) is 0 Å². The van der Waals surface area contributed by atoms with Crippen molar-refractivity contribution >= 4 is 0 Å². The molecule has 0 saturated carbocycles. The first kappa shape index (κ1) is 14.7. The normalized spacial score (nSPS) is 15.7. The Kier molecular flexibility index (Phi) is 8.74. The first-order chi connectivity index (χ1) is 7.18. The van der Waals surface area contributed by atoms with E-state index in [9.17, 15) is 4.39 Å². The maximum Gasteiger partial charge on any atom is 0.128 e. The maximum absolute atomic E-state index is 14.1. The van der Waals surface area contributed by atoms with E-state index in [1.807, 2.05) is 13.0 Å². The Morgan fingerprint density at radius 2 is 1.67 bits per heavy atom. The Morgan fingerprint density at radius 3 is 2.20 bits per heavy atom. The van der Waals surface area contributed by atoms with Gasteiger partial charge in [-0.3, -0.25) is 0 Å². The summed E-state index contributed by atoms with van der Waals surface area (Å²) in [6, 6.07) is 0. The van der Waals surface area contributed by atoms with Crippen LogP contribution in [-0.4, -0.2) is 5.67 Å². The molecule has 0 nitrogen and oxygen atoms in total. The van der Waals surface area contributed by atoms with Gasteiger partial charge in [-0.15, -0.1) is 0 Å². The van der Waals surface area contributed by atoms with Gasteiger partial charge in [0.15, 0.2) is 0 Å². The zero-order valence-corrected chi connectivity index (χ0v) is 10.7. The lowest BCUT2D eigenvalue weighted by Crippen LogP contribution is -2.17. The minimum absolute atomic E-state index is 0.608. The number of hydrogen-bond donors (Lipinski definition) is 0. The zero-order chi connectivity index (χ0) is 11.6. The summed E-state index contributed by atoms with van der Waals surface area (Å²) < 4.78 is 14.1. The molecule has 15 heavy (non-hydrogen) atoms. The minimum Gasteiger partial charge on any atom is -0.239 e. The summed E-state index contributed by atoms with van der Waals surface area (Å²) in [5.41, 5.74) is -1.04. The van der Waals surface area contributed by atoms with Crippen LogP contribution in [0.3, 0.4) is 0 Å². The van der Waals surface area contributed by atoms with Crippen LogP contribution in [0, 0.1) is 0 Å². The summed E-state index contributed by atoms with van der Waals surface area (Å²) in [5, 5.41) is 0. The van der Waals surface area contributed by atoms with Gasteiger partial charge in [-0.2, -0.15) is 0 Å². The van der Waals surface area contributed by atoms with Crippen molar-refractivity contribution in [1.82, 2.24) is 0 Å². The summed E-state index contributed by atoms with van der Waals surface area (Å²) in [5.74, 6) is 0. The predicted octanol–water partition coefficient (Wildman–Crippen LogP) is 5.43. The van der Waals surface area contributed by atoms with Gasteiger partial charge in [-0.25, -0.2) is 4.39 Å². The van der Waals surface area contributed by atoms with Crippen LogP contribution in [0.15, 0.2) is 12.2 Å². The molecule has 0 aromatic carbocycles. The highest BCUT2D eigenvalue weighted by atomic mass is 19.1. The van der Waals surface area contributed by atoms with Gasteiger partial charge in [0.25, 0.3) is 0 Å². The molecule has 0 spiro atoms. The Morgan fingerprint density at radius 1 is 1.00 bits per heavy atom. The molecule has 0 aliphatic heterocycles. The second-order valence-corrected chi connectivity index (χ2v) is 4.39. The Balaban J connectivity index is 3.83. The van der Waals surface area contributed by atoms with E-state index >= 15 is 0 Å². The van der Waals surface area contributed by atoms with E-state index in [2.05, 4.69) is 13.8 Å². The number of alkyl halides is 1. The standard InChI is InChI=1S/C14H27F/c1-4-7-9-10-11-13-14(15,6-3)12-8-5-2/h11,13H,4-10,12H2,1-3H3/b13-11-/t14-/m0/s1. The maximum atomic E-state index is 14.1. The SMILES string of the molecule is CCCCC/C=C\[C@](F)(CC)CCCC. The highest BCUT2D eigenvalue weighted by molar-refractivity contribution is 5.00. The van der Waals surface area contributed by atoms with Gasteiger partial charge in [0.1, 0.15) is 5.67 Å². The van der Waals surface area contributed by atoms with Crippen molar-refractivity contribution in [3.8, 4) is 0 Å². The third-order valence-corrected chi connectivity index (χ3v) is 2.92. The largest absolute Gasteiger partial charge is 0.239 e. The van der Waals surface area contributed by atoms with E-state index < -0.39 is 5.67 Å². The Hall–Kier alpha value is -0.330. The lowest BCUT2D eigenvalue weighted by Gasteiger charge is -2.19. The quantitative estimate of drug-likeness (QED) is 0.354. The molecule has 0 saturated heterocycles. The summed E-state index contributed by atoms with van der Waals surface area (Å²) in [6.07, 6.45) is 11.9. The lowest BCUT2D eigenvalue weighted by molar-refractivity contribution is 0.201. The molecule has 0 N–H and O–H groups in total. The predicted molar refractivity (Wildman–Crippen MR) is 66.9 cm³/mol. The minimum atomic E-state index is -1.04. The molecule has 0 radical (unpaired) electrons. The highest BCUT2D eigenvalue weighted by Gasteiger charge is 2.22. The second kappa shape index (κ2) is 8.94. The molecular weight excluding hydrogens is 187 g/mol. The van der Waals surface area contributed by atoms with Crippen LogP contribution in [0.4, 0.5) is 4.39 Å². The average molecular weight is 214 g/mol. The number of hydrogen-bond acceptors (Lipinski definition) is 0. The van der Waals surface area contributed by atoms with Crippen molar-refractivity contribution in [2.75, 3.05) is 0 Å². The number of rotatable bonds is 9. The van der Waals surface area contributed by atoms with Crippen LogP contribution < -0.4 is 0 Å². The molecule has 0 amide bonds. The van der Waals surface area contributed by atoms with Gasteiger partial charge >= 0.3 is 0 Å². The average Bonchev–Trinajstić information content (AvgIpc) is 2.26. The van der Waals surface area contributed by atoms with Crippen LogP contribution in [0.5, 0.6) is 0 Å². The molecule has 1 atom stereocenters. The van der Waals surface area contributed by atoms with Crippen molar-refractivity contribution in [2.24, 2.45) is 0 Å². The number of allylic oxidation sites excluding steroid dienone is 2. The van der Waals surface area contributed by atoms with E-state index in [-0.39, 0.29) is 0 Å². The third kappa shape index (κ3) is 7.58. The molecular formula is C14H27F. The molecule has 0 aliphatic carbocycles. The van der Waals surface area contributed by atoms with Crippen molar-refractivity contribution in [3.05, 3.63) is 12.2 Å². The van der Waals surface area contributed by atoms with E-state index in [1.165, 1.54) is 19.3 Å². The molecule has 90 valence electrons. The Labute approximate surface area is 95.0 Å². The van der Waals surface area contributed by atoms with Crippen LogP contribution in [0.25, 0.3) is 0 Å². The van der Waals surface area contributed by atoms with Crippen molar-refractivity contribution in [3.63, 3.8) is 0 Å². The van der Waals surface area contributed by atoms with Crippen molar-refractivity contribution < 1.29 is 4.39 Å². The number of halogens is 1. The van der Waals surface area contributed by atoms with E-state index in [0.29, 0.717) is 12.8 Å². The summed E-state index contributed by atoms with van der Waals surface area (Å²) in [4.78, 5) is 0. The molecule has 0 aliphatic rings. The first-order valence-corrected chi connectivity index (χ1v) is 6.55. The van der Waals surface area contributed by atoms with Gasteiger partial charge in [0.2, 0.25) is 0 Å². The number of unbranched alkanes of at least 4 members (excludes halogenated alkanes) is 4. The zero-order valence-electron chi connectivity index (χ0n) is 10.7. The van der Waals surface area contributed by atoms with E-state index in [4.69, 9.17) is 0 Å². The first-order valence-electron chi connectivity index (χ1n) is 6.55. The smallest absolute Gasteiger partial charge is 0.128 e. The molecule has 1 heteroatoms. The molecule has 0 aromatic heterocycles. The molecule has 0 bridgehead atoms. The Bertz CT molecular complexity index is 163. The van der Waals surface area contributed by atoms with E-state index in [1.54, 1.807) is 6.08 Å². The molecule has 0 fully saturated rings. The van der Waals surface area contributed by atoms with Gasteiger partial charge < -0.3 is 0 Å². The lowest BCUT2D eigenvalue weighted by atomic mass is 9.95. The van der Waals surface area contributed by atoms with Crippen LogP contribution in [0.1, 0.15) is 72.1 Å². The fraction of sp³-hybridized carbons (Fsp3) is 0.857. The van der Waals surface area contributed by atoms with Crippen LogP contribution in [0.2, 0.25) is 0 Å². The van der Waals surface area contributed by atoms with Gasteiger partial charge in [0.05, 0.1) is 0 Å². The van der Waals surface area contributed by atoms with Crippen LogP contribution >= 0.6 is 0 Å². The monoisotopic (exact) mass is 214 g/mol. The van der Waals surface area contributed by atoms with Gasteiger partial charge in [-0.1, -0.05) is 58.6 Å². The van der Waals surface area contributed by atoms with Crippen molar-refractivity contribution in [1.29, 1.82) is 0 Å². The fourth-order valence-corrected chi connectivity index (χ4v) is 1.66. The van der Waals surface area contributed by atoms with E-state index in [0.717, 1.165) is 19.3 Å². The summed E-state index contributed by atoms with van der Waals surface area (Å²) in [7, 11) is 0. The summed E-state index contributed by atoms with van der Waals surface area (Å²) in [6.45, 7) is 6.24. The van der Waals surface area contributed by atoms with Gasteiger partial charge in [-0.05, 0) is 25.7 Å². The fourth-order valence-electron chi connectivity index (χ4n) is 1.66. The summed E-state index contributed by atoms with van der Waals surface area (Å²) >= 11 is 0. The third-order valence-electron chi connectivity index (χ3n) is 2.92. The molecule has 0 rings (SSSR count). The molecule has 0 heterocycles. The molecule has 0 aromatic rings. The van der Waals surface area contributed by atoms with Crippen LogP contribution in [-0.2, 0) is 0 Å².